The van der Waals surface area contributed by atoms with Gasteiger partial charge in [0, 0.05) is 23.3 Å². The van der Waals surface area contributed by atoms with Crippen molar-refractivity contribution in [2.45, 2.75) is 39.3 Å². The van der Waals surface area contributed by atoms with Gasteiger partial charge in [0.05, 0.1) is 23.5 Å². The smallest absolute Gasteiger partial charge is 0.174 e. The Hall–Kier alpha value is -3.64. The van der Waals surface area contributed by atoms with Crippen LogP contribution in [0.3, 0.4) is 0 Å². The molecule has 2 aromatic carbocycles. The third-order valence-corrected chi connectivity index (χ3v) is 6.96. The number of phenols is 1. The molecule has 0 aliphatic carbocycles. The van der Waals surface area contributed by atoms with Crippen LogP contribution in [0.15, 0.2) is 79.0 Å². The highest BCUT2D eigenvalue weighted by atomic mass is 32.1. The number of anilines is 1. The van der Waals surface area contributed by atoms with Crippen molar-refractivity contribution in [2.75, 3.05) is 4.90 Å². The molecule has 5 nitrogen and oxygen atoms in total. The third kappa shape index (κ3) is 3.64. The Morgan fingerprint density at radius 3 is 2.38 bits per heavy atom. The Balaban J connectivity index is 1.71. The highest BCUT2D eigenvalue weighted by Crippen LogP contribution is 2.45. The van der Waals surface area contributed by atoms with E-state index in [1.54, 1.807) is 12.3 Å². The second-order valence-corrected chi connectivity index (χ2v) is 9.02. The molecule has 2 N–H and O–H groups in total. The number of aromatic nitrogens is 2. The number of hydrogen-bond acceptors (Lipinski definition) is 3. The van der Waals surface area contributed by atoms with Crippen molar-refractivity contribution in [3.8, 4) is 11.4 Å². The highest BCUT2D eigenvalue weighted by Gasteiger charge is 2.43. The molecule has 6 heteroatoms. The zero-order valence-corrected chi connectivity index (χ0v) is 20.4. The van der Waals surface area contributed by atoms with Crippen LogP contribution in [-0.2, 0) is 6.42 Å². The topological polar surface area (TPSA) is 53.3 Å². The quantitative estimate of drug-likeness (QED) is 0.355. The molecule has 0 bridgehead atoms. The second kappa shape index (κ2) is 8.95. The standard InChI is InChI=1S/C28H28N4OS/c1-4-20-11-5-6-13-23(20)31-18(2)17-21(19(31)3)27-26(22-12-9-10-16-29-22)30-28(34)32(27)24-14-7-8-15-25(24)33/h5-17,26-27,33H,4H2,1-3H3,(H,30,34). The minimum atomic E-state index is -0.176. The van der Waals surface area contributed by atoms with Gasteiger partial charge in [-0.1, -0.05) is 43.3 Å². The van der Waals surface area contributed by atoms with Crippen molar-refractivity contribution in [3.63, 3.8) is 0 Å². The first-order valence-corrected chi connectivity index (χ1v) is 12.0. The molecule has 1 aliphatic heterocycles. The van der Waals surface area contributed by atoms with E-state index in [4.69, 9.17) is 12.2 Å². The van der Waals surface area contributed by atoms with E-state index >= 15 is 0 Å². The fourth-order valence-electron chi connectivity index (χ4n) is 5.08. The summed E-state index contributed by atoms with van der Waals surface area (Å²) in [5.41, 5.74) is 7.54. The zero-order valence-electron chi connectivity index (χ0n) is 19.6. The number of phenolic OH excluding ortho intramolecular Hbond substituents is 1. The highest BCUT2D eigenvalue weighted by molar-refractivity contribution is 7.80. The molecular formula is C28H28N4OS. The van der Waals surface area contributed by atoms with Crippen molar-refractivity contribution in [1.29, 1.82) is 0 Å². The second-order valence-electron chi connectivity index (χ2n) is 8.63. The summed E-state index contributed by atoms with van der Waals surface area (Å²) >= 11 is 5.82. The SMILES string of the molecule is CCc1ccccc1-n1c(C)cc(C2C(c3ccccn3)NC(=S)N2c2ccccc2O)c1C. The molecule has 0 saturated carbocycles. The van der Waals surface area contributed by atoms with Gasteiger partial charge in [0.25, 0.3) is 0 Å². The van der Waals surface area contributed by atoms with Crippen molar-refractivity contribution in [3.05, 3.63) is 107 Å². The van der Waals surface area contributed by atoms with Crippen LogP contribution in [0.4, 0.5) is 5.69 Å². The Labute approximate surface area is 205 Å². The molecular weight excluding hydrogens is 440 g/mol. The number of thiocarbonyl (C=S) groups is 1. The molecule has 2 unspecified atom stereocenters. The lowest BCUT2D eigenvalue weighted by Gasteiger charge is -2.28. The zero-order chi connectivity index (χ0) is 23.8. The minimum Gasteiger partial charge on any atom is -0.506 e. The third-order valence-electron chi connectivity index (χ3n) is 6.64. The van der Waals surface area contributed by atoms with Crippen molar-refractivity contribution < 1.29 is 5.11 Å². The number of aromatic hydroxyl groups is 1. The monoisotopic (exact) mass is 468 g/mol. The molecule has 0 amide bonds. The predicted octanol–water partition coefficient (Wildman–Crippen LogP) is 5.93. The first kappa shape index (κ1) is 22.2. The van der Waals surface area contributed by atoms with Gasteiger partial charge in [-0.25, -0.2) is 0 Å². The molecule has 2 aromatic heterocycles. The van der Waals surface area contributed by atoms with Gasteiger partial charge in [-0.2, -0.15) is 0 Å². The van der Waals surface area contributed by atoms with Gasteiger partial charge in [-0.3, -0.25) is 4.98 Å². The molecule has 0 radical (unpaired) electrons. The molecule has 1 aliphatic rings. The lowest BCUT2D eigenvalue weighted by molar-refractivity contribution is 0.472. The van der Waals surface area contributed by atoms with Gasteiger partial charge in [-0.05, 0) is 80.0 Å². The van der Waals surface area contributed by atoms with Crippen LogP contribution in [-0.4, -0.2) is 19.8 Å². The fourth-order valence-corrected chi connectivity index (χ4v) is 5.42. The van der Waals surface area contributed by atoms with Gasteiger partial charge < -0.3 is 19.9 Å². The molecule has 2 atom stereocenters. The molecule has 0 spiro atoms. The van der Waals surface area contributed by atoms with Crippen molar-refractivity contribution >= 4 is 23.0 Å². The van der Waals surface area contributed by atoms with E-state index in [2.05, 4.69) is 66.0 Å². The normalized spacial score (nSPS) is 17.7. The first-order valence-electron chi connectivity index (χ1n) is 11.6. The van der Waals surface area contributed by atoms with Crippen LogP contribution < -0.4 is 10.2 Å². The molecule has 172 valence electrons. The van der Waals surface area contributed by atoms with Gasteiger partial charge in [-0.15, -0.1) is 0 Å². The summed E-state index contributed by atoms with van der Waals surface area (Å²) in [5, 5.41) is 14.8. The summed E-state index contributed by atoms with van der Waals surface area (Å²) in [6, 6.07) is 23.7. The Morgan fingerprint density at radius 1 is 0.971 bits per heavy atom. The van der Waals surface area contributed by atoms with E-state index in [1.165, 1.54) is 11.3 Å². The Bertz CT molecular complexity index is 1350. The van der Waals surface area contributed by atoms with E-state index in [0.29, 0.717) is 10.8 Å². The van der Waals surface area contributed by atoms with E-state index in [-0.39, 0.29) is 17.8 Å². The van der Waals surface area contributed by atoms with E-state index in [9.17, 15) is 5.11 Å². The maximum absolute atomic E-state index is 10.7. The van der Waals surface area contributed by atoms with E-state index < -0.39 is 0 Å². The van der Waals surface area contributed by atoms with Gasteiger partial charge in [0.1, 0.15) is 5.75 Å². The molecule has 1 fully saturated rings. The van der Waals surface area contributed by atoms with Gasteiger partial charge in [0.15, 0.2) is 5.11 Å². The summed E-state index contributed by atoms with van der Waals surface area (Å²) in [4.78, 5) is 6.68. The Morgan fingerprint density at radius 2 is 1.68 bits per heavy atom. The van der Waals surface area contributed by atoms with Crippen LogP contribution in [0, 0.1) is 13.8 Å². The summed E-state index contributed by atoms with van der Waals surface area (Å²) in [5.74, 6) is 0.198. The van der Waals surface area contributed by atoms with E-state index in [0.717, 1.165) is 29.1 Å². The fraction of sp³-hybridized carbons (Fsp3) is 0.214. The van der Waals surface area contributed by atoms with Crippen LogP contribution in [0.25, 0.3) is 5.69 Å². The van der Waals surface area contributed by atoms with E-state index in [1.807, 2.05) is 41.3 Å². The summed E-state index contributed by atoms with van der Waals surface area (Å²) in [6.45, 7) is 6.49. The average molecular weight is 469 g/mol. The van der Waals surface area contributed by atoms with Crippen LogP contribution in [0.5, 0.6) is 5.75 Å². The number of rotatable bonds is 5. The van der Waals surface area contributed by atoms with Crippen LogP contribution in [0.2, 0.25) is 0 Å². The number of nitrogens with zero attached hydrogens (tertiary/aromatic N) is 3. The van der Waals surface area contributed by atoms with Crippen LogP contribution >= 0.6 is 12.2 Å². The molecule has 1 saturated heterocycles. The number of nitrogens with one attached hydrogen (secondary N) is 1. The Kier molecular flexibility index (Phi) is 5.84. The van der Waals surface area contributed by atoms with Gasteiger partial charge in [0.2, 0.25) is 0 Å². The maximum Gasteiger partial charge on any atom is 0.174 e. The number of pyridine rings is 1. The van der Waals surface area contributed by atoms with Gasteiger partial charge >= 0.3 is 0 Å². The molecule has 5 rings (SSSR count). The first-order chi connectivity index (χ1) is 16.5. The molecule has 4 aromatic rings. The minimum absolute atomic E-state index is 0.163. The maximum atomic E-state index is 10.7. The lowest BCUT2D eigenvalue weighted by atomic mass is 9.96. The average Bonchev–Trinajstić information content (AvgIpc) is 3.35. The summed E-state index contributed by atoms with van der Waals surface area (Å²) in [7, 11) is 0. The largest absolute Gasteiger partial charge is 0.506 e. The number of benzene rings is 2. The molecule has 3 heterocycles. The molecule has 34 heavy (non-hydrogen) atoms. The predicted molar refractivity (Wildman–Crippen MR) is 141 cm³/mol. The lowest BCUT2D eigenvalue weighted by Crippen LogP contribution is -2.29. The van der Waals surface area contributed by atoms with Crippen LogP contribution in [0.1, 0.15) is 47.2 Å². The van der Waals surface area contributed by atoms with Crippen molar-refractivity contribution in [2.24, 2.45) is 0 Å². The summed E-state index contributed by atoms with van der Waals surface area (Å²) in [6.07, 6.45) is 2.76. The summed E-state index contributed by atoms with van der Waals surface area (Å²) < 4.78 is 2.33. The van der Waals surface area contributed by atoms with Crippen molar-refractivity contribution in [1.82, 2.24) is 14.9 Å². The number of para-hydroxylation sites is 3. The number of hydrogen-bond donors (Lipinski definition) is 2. The number of aryl methyl sites for hydroxylation is 2.